The Bertz CT molecular complexity index is 1680. The summed E-state index contributed by atoms with van der Waals surface area (Å²) >= 11 is 0. The summed E-state index contributed by atoms with van der Waals surface area (Å²) in [7, 11) is 3.35. The van der Waals surface area contributed by atoms with E-state index in [1.807, 2.05) is 62.1 Å². The van der Waals surface area contributed by atoms with Gasteiger partial charge in [0.05, 0.1) is 18.0 Å². The van der Waals surface area contributed by atoms with Gasteiger partial charge in [0.1, 0.15) is 11.4 Å². The van der Waals surface area contributed by atoms with E-state index in [2.05, 4.69) is 25.9 Å². The van der Waals surface area contributed by atoms with E-state index in [0.717, 1.165) is 53.4 Å². The van der Waals surface area contributed by atoms with Crippen LogP contribution in [-0.4, -0.2) is 77.0 Å². The number of aromatic nitrogens is 3. The van der Waals surface area contributed by atoms with Gasteiger partial charge in [0.2, 0.25) is 11.8 Å². The van der Waals surface area contributed by atoms with E-state index in [9.17, 15) is 9.59 Å². The van der Waals surface area contributed by atoms with Crippen LogP contribution in [0.2, 0.25) is 0 Å². The van der Waals surface area contributed by atoms with Crippen LogP contribution in [0.15, 0.2) is 60.9 Å². The molecule has 0 radical (unpaired) electrons. The largest absolute Gasteiger partial charge is 0.481 e. The van der Waals surface area contributed by atoms with E-state index >= 15 is 0 Å². The minimum Gasteiger partial charge on any atom is -0.481 e. The maximum atomic E-state index is 13.9. The normalized spacial score (nSPS) is 15.7. The molecule has 48 heavy (non-hydrogen) atoms. The minimum atomic E-state index is -0.659. The summed E-state index contributed by atoms with van der Waals surface area (Å²) in [5.74, 6) is 1.22. The Morgan fingerprint density at radius 2 is 1.83 bits per heavy atom. The molecule has 1 aliphatic rings. The number of hydrogen-bond donors (Lipinski definition) is 2. The average molecular weight is 657 g/mol. The van der Waals surface area contributed by atoms with E-state index in [1.165, 1.54) is 5.69 Å². The molecular formula is C37H48N6O5. The molecule has 4 heterocycles. The number of alkyl carbamates (subject to hydrolysis) is 1. The van der Waals surface area contributed by atoms with Crippen molar-refractivity contribution in [1.82, 2.24) is 24.8 Å². The number of ether oxygens (including phenoxy) is 3. The number of piperidine rings is 1. The third kappa shape index (κ3) is 8.83. The van der Waals surface area contributed by atoms with Crippen LogP contribution in [-0.2, 0) is 27.2 Å². The Balaban J connectivity index is 1.33. The SMILES string of the molecule is COCCCn1c([C@@H]2CCCN(C(=O)C[C@@H](Cc3ccc(-c4ccc(N)nc4)cc3)NC(=O)OC(C)(C)C)C2)cc2c(OC)nccc21. The summed E-state index contributed by atoms with van der Waals surface area (Å²) in [5, 5.41) is 3.96. The van der Waals surface area contributed by atoms with Gasteiger partial charge in [-0.2, -0.15) is 0 Å². The lowest BCUT2D eigenvalue weighted by Gasteiger charge is -2.34. The van der Waals surface area contributed by atoms with E-state index < -0.39 is 17.7 Å². The van der Waals surface area contributed by atoms with Crippen LogP contribution in [0, 0.1) is 0 Å². The number of nitrogens with zero attached hydrogens (tertiary/aromatic N) is 4. The van der Waals surface area contributed by atoms with Crippen molar-refractivity contribution in [1.29, 1.82) is 0 Å². The maximum absolute atomic E-state index is 13.9. The molecule has 11 nitrogen and oxygen atoms in total. The fourth-order valence-electron chi connectivity index (χ4n) is 6.43. The van der Waals surface area contributed by atoms with Crippen molar-refractivity contribution >= 4 is 28.7 Å². The van der Waals surface area contributed by atoms with Gasteiger partial charge < -0.3 is 34.7 Å². The monoisotopic (exact) mass is 656 g/mol. The lowest BCUT2D eigenvalue weighted by Crippen LogP contribution is -2.46. The summed E-state index contributed by atoms with van der Waals surface area (Å²) in [6.07, 6.45) is 6.33. The number of amides is 2. The van der Waals surface area contributed by atoms with Gasteiger partial charge in [0, 0.05) is 75.4 Å². The first-order valence-corrected chi connectivity index (χ1v) is 16.6. The van der Waals surface area contributed by atoms with Crippen molar-refractivity contribution < 1.29 is 23.8 Å². The number of likely N-dealkylation sites (tertiary alicyclic amines) is 1. The first kappa shape index (κ1) is 34.7. The van der Waals surface area contributed by atoms with Crippen molar-refractivity contribution in [2.45, 2.75) is 77.0 Å². The number of carbonyl (C=O) groups is 2. The molecular weight excluding hydrogens is 608 g/mol. The first-order valence-electron chi connectivity index (χ1n) is 16.6. The Labute approximate surface area is 282 Å². The molecule has 3 aromatic heterocycles. The molecule has 2 amide bonds. The molecule has 4 aromatic rings. The summed E-state index contributed by atoms with van der Waals surface area (Å²) in [5.41, 5.74) is 10.3. The molecule has 0 unspecified atom stereocenters. The lowest BCUT2D eigenvalue weighted by atomic mass is 9.93. The smallest absolute Gasteiger partial charge is 0.407 e. The van der Waals surface area contributed by atoms with Gasteiger partial charge in [-0.05, 0) is 81.8 Å². The minimum absolute atomic E-state index is 0.00613. The number of hydrogen-bond acceptors (Lipinski definition) is 8. The number of fused-ring (bicyclic) bond motifs is 1. The van der Waals surface area contributed by atoms with E-state index in [-0.39, 0.29) is 18.2 Å². The van der Waals surface area contributed by atoms with Crippen LogP contribution in [0.3, 0.4) is 0 Å². The molecule has 1 fully saturated rings. The second kappa shape index (κ2) is 15.5. The van der Waals surface area contributed by atoms with Crippen molar-refractivity contribution in [3.8, 4) is 17.0 Å². The van der Waals surface area contributed by atoms with Gasteiger partial charge >= 0.3 is 6.09 Å². The molecule has 0 aliphatic carbocycles. The van der Waals surface area contributed by atoms with Crippen molar-refractivity contribution in [3.63, 3.8) is 0 Å². The van der Waals surface area contributed by atoms with Gasteiger partial charge in [-0.15, -0.1) is 0 Å². The van der Waals surface area contributed by atoms with Crippen LogP contribution in [0.25, 0.3) is 22.0 Å². The molecule has 5 rings (SSSR count). The van der Waals surface area contributed by atoms with E-state index in [4.69, 9.17) is 19.9 Å². The second-order valence-corrected chi connectivity index (χ2v) is 13.4. The third-order valence-corrected chi connectivity index (χ3v) is 8.64. The number of nitrogens with one attached hydrogen (secondary N) is 1. The zero-order valence-corrected chi connectivity index (χ0v) is 28.7. The number of carbonyl (C=O) groups excluding carboxylic acids is 2. The number of methoxy groups -OCH3 is 2. The summed E-state index contributed by atoms with van der Waals surface area (Å²) in [4.78, 5) is 37.4. The topological polar surface area (TPSA) is 134 Å². The maximum Gasteiger partial charge on any atom is 0.407 e. The Morgan fingerprint density at radius 3 is 2.52 bits per heavy atom. The average Bonchev–Trinajstić information content (AvgIpc) is 3.43. The molecule has 1 aliphatic heterocycles. The van der Waals surface area contributed by atoms with E-state index in [1.54, 1.807) is 32.7 Å². The van der Waals surface area contributed by atoms with Crippen molar-refractivity contribution in [3.05, 3.63) is 72.2 Å². The molecule has 0 bridgehead atoms. The predicted octanol–water partition coefficient (Wildman–Crippen LogP) is 5.96. The fourth-order valence-corrected chi connectivity index (χ4v) is 6.43. The van der Waals surface area contributed by atoms with Crippen molar-refractivity contribution in [2.24, 2.45) is 0 Å². The Morgan fingerprint density at radius 1 is 1.06 bits per heavy atom. The van der Waals surface area contributed by atoms with Gasteiger partial charge in [-0.1, -0.05) is 24.3 Å². The zero-order valence-electron chi connectivity index (χ0n) is 28.7. The number of aryl methyl sites for hydroxylation is 1. The summed E-state index contributed by atoms with van der Waals surface area (Å²) < 4.78 is 18.8. The summed E-state index contributed by atoms with van der Waals surface area (Å²) in [6.45, 7) is 8.19. The zero-order chi connectivity index (χ0) is 34.3. The molecule has 256 valence electrons. The van der Waals surface area contributed by atoms with Crippen LogP contribution in [0.4, 0.5) is 10.6 Å². The number of anilines is 1. The molecule has 11 heteroatoms. The highest BCUT2D eigenvalue weighted by atomic mass is 16.6. The number of rotatable bonds is 12. The molecule has 0 spiro atoms. The number of benzene rings is 1. The lowest BCUT2D eigenvalue weighted by molar-refractivity contribution is -0.132. The van der Waals surface area contributed by atoms with E-state index in [0.29, 0.717) is 37.8 Å². The molecule has 2 atom stereocenters. The van der Waals surface area contributed by atoms with Crippen LogP contribution < -0.4 is 15.8 Å². The van der Waals surface area contributed by atoms with Gasteiger partial charge in [0.25, 0.3) is 0 Å². The van der Waals surface area contributed by atoms with Crippen LogP contribution >= 0.6 is 0 Å². The highest BCUT2D eigenvalue weighted by Gasteiger charge is 2.30. The molecule has 1 saturated heterocycles. The number of pyridine rings is 2. The highest BCUT2D eigenvalue weighted by Crippen LogP contribution is 2.35. The summed E-state index contributed by atoms with van der Waals surface area (Å²) in [6, 6.07) is 15.5. The second-order valence-electron chi connectivity index (χ2n) is 13.4. The highest BCUT2D eigenvalue weighted by molar-refractivity contribution is 5.86. The van der Waals surface area contributed by atoms with Crippen LogP contribution in [0.1, 0.15) is 63.6 Å². The number of nitrogens with two attached hydrogens (primary N) is 1. The Hall–Kier alpha value is -4.64. The predicted molar refractivity (Wildman–Crippen MR) is 187 cm³/mol. The van der Waals surface area contributed by atoms with Crippen molar-refractivity contribution in [2.75, 3.05) is 39.6 Å². The van der Waals surface area contributed by atoms with Crippen LogP contribution in [0.5, 0.6) is 5.88 Å². The standard InChI is InChI=1S/C37H48N6O5/c1-37(2,3)48-36(45)41-29(20-25-9-11-26(12-10-25)27-13-14-33(38)40-23-27)21-34(44)42-17-6-8-28(24-42)32-22-30-31(15-16-39-35(30)47-5)43(32)18-7-19-46-4/h9-16,22-23,28-29H,6-8,17-21,24H2,1-5H3,(H2,38,40)(H,41,45)/t28-,29-/m1/s1. The van der Waals surface area contributed by atoms with Gasteiger partial charge in [0.15, 0.2) is 0 Å². The van der Waals surface area contributed by atoms with Gasteiger partial charge in [-0.25, -0.2) is 14.8 Å². The van der Waals surface area contributed by atoms with Gasteiger partial charge in [-0.3, -0.25) is 4.79 Å². The third-order valence-electron chi connectivity index (χ3n) is 8.64. The first-order chi connectivity index (χ1) is 23.0. The Kier molecular flexibility index (Phi) is 11.2. The fraction of sp³-hybridized carbons (Fsp3) is 0.459. The molecule has 0 saturated carbocycles. The quantitative estimate of drug-likeness (QED) is 0.179. The molecule has 3 N–H and O–H groups in total. The number of nitrogen functional groups attached to an aromatic ring is 1. The molecule has 1 aromatic carbocycles.